The van der Waals surface area contributed by atoms with Crippen molar-refractivity contribution in [1.82, 2.24) is 0 Å². The number of carbonyl (C=O) groups is 1. The van der Waals surface area contributed by atoms with Gasteiger partial charge in [0.05, 0.1) is 12.8 Å². The summed E-state index contributed by atoms with van der Waals surface area (Å²) in [4.78, 5) is 14.5. The Bertz CT molecular complexity index is 944. The molecule has 1 aromatic heterocycles. The number of allylic oxidation sites excluding steroid dienone is 4. The van der Waals surface area contributed by atoms with Crippen LogP contribution in [0.4, 0.5) is 22.1 Å². The van der Waals surface area contributed by atoms with Gasteiger partial charge in [-0.1, -0.05) is 38.6 Å². The number of anilines is 4. The van der Waals surface area contributed by atoms with Crippen molar-refractivity contribution in [2.45, 2.75) is 33.6 Å². The van der Waals surface area contributed by atoms with Crippen LogP contribution in [0.15, 0.2) is 60.8 Å². The molecule has 1 aliphatic rings. The van der Waals surface area contributed by atoms with E-state index in [-0.39, 0.29) is 5.97 Å². The number of thiophene rings is 1. The molecule has 2 heterocycles. The standard InChI is InChI=1S/C22H25N3O2S.C2H6/c1-4-7-17(8-5-2)25-12-6-9-15-10-11-16(13-19(15)25)24-18-14-20(22(26)27-3)28-21(18)23;1-2/h4-5,7-8,10-11,13-14,24H,1,6,9,12,23H2,2-3H3;1-2H3/b8-5-,17-7+;. The summed E-state index contributed by atoms with van der Waals surface area (Å²) < 4.78 is 4.78. The van der Waals surface area contributed by atoms with Crippen LogP contribution in [0.1, 0.15) is 42.4 Å². The van der Waals surface area contributed by atoms with Crippen molar-refractivity contribution in [2.24, 2.45) is 0 Å². The van der Waals surface area contributed by atoms with Crippen molar-refractivity contribution < 1.29 is 9.53 Å². The van der Waals surface area contributed by atoms with Gasteiger partial charge in [0.15, 0.2) is 0 Å². The van der Waals surface area contributed by atoms with Crippen molar-refractivity contribution in [1.29, 1.82) is 0 Å². The molecule has 0 spiro atoms. The lowest BCUT2D eigenvalue weighted by atomic mass is 10.00. The first-order valence-electron chi connectivity index (χ1n) is 10.2. The van der Waals surface area contributed by atoms with Crippen LogP contribution in [0.25, 0.3) is 0 Å². The number of nitrogens with one attached hydrogen (secondary N) is 1. The number of esters is 1. The van der Waals surface area contributed by atoms with Gasteiger partial charge in [0, 0.05) is 23.6 Å². The fourth-order valence-corrected chi connectivity index (χ4v) is 4.11. The van der Waals surface area contributed by atoms with Crippen molar-refractivity contribution in [2.75, 3.05) is 29.6 Å². The third-order valence-corrected chi connectivity index (χ3v) is 5.51. The molecule has 0 aliphatic carbocycles. The smallest absolute Gasteiger partial charge is 0.348 e. The van der Waals surface area contributed by atoms with E-state index in [9.17, 15) is 4.79 Å². The van der Waals surface area contributed by atoms with Gasteiger partial charge in [-0.3, -0.25) is 0 Å². The number of aryl methyl sites for hydroxylation is 1. The van der Waals surface area contributed by atoms with Gasteiger partial charge in [0.1, 0.15) is 9.88 Å². The molecule has 0 radical (unpaired) electrons. The van der Waals surface area contributed by atoms with E-state index in [0.29, 0.717) is 15.6 Å². The Morgan fingerprint density at radius 2 is 2.10 bits per heavy atom. The first-order valence-corrected chi connectivity index (χ1v) is 11.0. The summed E-state index contributed by atoms with van der Waals surface area (Å²) in [5.74, 6) is -0.382. The van der Waals surface area contributed by atoms with Crippen molar-refractivity contribution in [3.8, 4) is 0 Å². The lowest BCUT2D eigenvalue weighted by Crippen LogP contribution is -2.28. The highest BCUT2D eigenvalue weighted by Crippen LogP contribution is 2.36. The summed E-state index contributed by atoms with van der Waals surface area (Å²) in [6.07, 6.45) is 10.1. The molecular formula is C24H31N3O2S. The summed E-state index contributed by atoms with van der Waals surface area (Å²) in [5, 5.41) is 3.89. The van der Waals surface area contributed by atoms with Crippen LogP contribution < -0.4 is 16.0 Å². The molecule has 0 saturated heterocycles. The molecule has 0 unspecified atom stereocenters. The Balaban J connectivity index is 0.00000155. The number of carbonyl (C=O) groups excluding carboxylic acids is 1. The largest absolute Gasteiger partial charge is 0.465 e. The van der Waals surface area contributed by atoms with Crippen LogP contribution in [0, 0.1) is 0 Å². The molecule has 3 N–H and O–H groups in total. The summed E-state index contributed by atoms with van der Waals surface area (Å²) in [6, 6.07) is 8.05. The van der Waals surface area contributed by atoms with E-state index in [4.69, 9.17) is 10.5 Å². The van der Waals surface area contributed by atoms with Gasteiger partial charge in [-0.25, -0.2) is 4.79 Å². The number of ether oxygens (including phenoxy) is 1. The van der Waals surface area contributed by atoms with Crippen LogP contribution in [0.2, 0.25) is 0 Å². The molecule has 0 bridgehead atoms. The van der Waals surface area contributed by atoms with Gasteiger partial charge in [-0.2, -0.15) is 0 Å². The lowest BCUT2D eigenvalue weighted by molar-refractivity contribution is 0.0606. The Labute approximate surface area is 183 Å². The molecule has 6 heteroatoms. The topological polar surface area (TPSA) is 67.6 Å². The average Bonchev–Trinajstić information content (AvgIpc) is 3.14. The zero-order valence-electron chi connectivity index (χ0n) is 18.2. The minimum Gasteiger partial charge on any atom is -0.465 e. The van der Waals surface area contributed by atoms with E-state index >= 15 is 0 Å². The average molecular weight is 426 g/mol. The third kappa shape index (κ3) is 5.33. The number of nitrogens with zero attached hydrogens (tertiary/aromatic N) is 1. The fourth-order valence-electron chi connectivity index (χ4n) is 3.31. The molecule has 1 aromatic carbocycles. The van der Waals surface area contributed by atoms with E-state index in [0.717, 1.165) is 30.8 Å². The lowest BCUT2D eigenvalue weighted by Gasteiger charge is -2.32. The maximum Gasteiger partial charge on any atom is 0.348 e. The van der Waals surface area contributed by atoms with E-state index in [1.807, 2.05) is 45.1 Å². The maximum absolute atomic E-state index is 11.7. The first kappa shape index (κ1) is 23.3. The van der Waals surface area contributed by atoms with Crippen LogP contribution in [-0.4, -0.2) is 19.6 Å². The number of methoxy groups -OCH3 is 1. The molecule has 0 atom stereocenters. The predicted octanol–water partition coefficient (Wildman–Crippen LogP) is 6.29. The Kier molecular flexibility index (Phi) is 8.74. The fraction of sp³-hybridized carbons (Fsp3) is 0.292. The summed E-state index contributed by atoms with van der Waals surface area (Å²) in [6.45, 7) is 10.8. The van der Waals surface area contributed by atoms with Crippen molar-refractivity contribution in [3.05, 3.63) is 71.3 Å². The number of benzene rings is 1. The molecule has 0 saturated carbocycles. The summed E-state index contributed by atoms with van der Waals surface area (Å²) in [7, 11) is 1.36. The SMILES string of the molecule is C=C/C=C(\C=C/C)N1CCCc2ccc(Nc3cc(C(=O)OC)sc3N)cc21.CC. The van der Waals surface area contributed by atoms with Gasteiger partial charge in [0.25, 0.3) is 0 Å². The molecule has 160 valence electrons. The molecule has 1 aliphatic heterocycles. The van der Waals surface area contributed by atoms with Crippen LogP contribution in [0.5, 0.6) is 0 Å². The van der Waals surface area contributed by atoms with Crippen LogP contribution in [-0.2, 0) is 11.2 Å². The minimum absolute atomic E-state index is 0.382. The highest BCUT2D eigenvalue weighted by molar-refractivity contribution is 7.18. The highest BCUT2D eigenvalue weighted by atomic mass is 32.1. The van der Waals surface area contributed by atoms with E-state index in [1.165, 1.54) is 29.7 Å². The second-order valence-electron chi connectivity index (χ2n) is 6.43. The van der Waals surface area contributed by atoms with Gasteiger partial charge >= 0.3 is 5.97 Å². The molecule has 5 nitrogen and oxygen atoms in total. The summed E-state index contributed by atoms with van der Waals surface area (Å²) >= 11 is 1.21. The van der Waals surface area contributed by atoms with E-state index in [2.05, 4.69) is 35.0 Å². The molecular weight excluding hydrogens is 394 g/mol. The maximum atomic E-state index is 11.7. The molecule has 2 aromatic rings. The molecule has 0 amide bonds. The van der Waals surface area contributed by atoms with Gasteiger partial charge in [-0.15, -0.1) is 11.3 Å². The van der Waals surface area contributed by atoms with Gasteiger partial charge < -0.3 is 20.7 Å². The number of nitrogens with two attached hydrogens (primary N) is 1. The van der Waals surface area contributed by atoms with Gasteiger partial charge in [-0.05, 0) is 55.7 Å². The second kappa shape index (κ2) is 11.3. The first-order chi connectivity index (χ1) is 14.6. The highest BCUT2D eigenvalue weighted by Gasteiger charge is 2.20. The molecule has 3 rings (SSSR count). The van der Waals surface area contributed by atoms with Crippen LogP contribution in [0.3, 0.4) is 0 Å². The predicted molar refractivity (Wildman–Crippen MR) is 130 cm³/mol. The Morgan fingerprint density at radius 1 is 1.33 bits per heavy atom. The molecule has 0 fully saturated rings. The van der Waals surface area contributed by atoms with Crippen LogP contribution >= 0.6 is 11.3 Å². The van der Waals surface area contributed by atoms with E-state index in [1.54, 1.807) is 6.07 Å². The number of hydrogen-bond acceptors (Lipinski definition) is 6. The number of fused-ring (bicyclic) bond motifs is 1. The third-order valence-electron chi connectivity index (χ3n) is 4.57. The van der Waals surface area contributed by atoms with Gasteiger partial charge in [0.2, 0.25) is 0 Å². The zero-order chi connectivity index (χ0) is 22.1. The number of nitrogen functional groups attached to an aromatic ring is 1. The Morgan fingerprint density at radius 3 is 2.77 bits per heavy atom. The van der Waals surface area contributed by atoms with Crippen molar-refractivity contribution >= 4 is 39.4 Å². The Hall–Kier alpha value is -2.99. The number of hydrogen-bond donors (Lipinski definition) is 2. The monoisotopic (exact) mass is 425 g/mol. The normalized spacial score (nSPS) is 13.3. The van der Waals surface area contributed by atoms with E-state index < -0.39 is 0 Å². The van der Waals surface area contributed by atoms with Crippen molar-refractivity contribution in [3.63, 3.8) is 0 Å². The molecule has 30 heavy (non-hydrogen) atoms. The summed E-state index contributed by atoms with van der Waals surface area (Å²) in [5.41, 5.74) is 11.3. The zero-order valence-corrected chi connectivity index (χ0v) is 19.0. The minimum atomic E-state index is -0.382. The quantitative estimate of drug-likeness (QED) is 0.421. The second-order valence-corrected chi connectivity index (χ2v) is 7.51. The number of rotatable bonds is 6.